The standard InChI is InChI=1S/C15H19NO5/c1-15(2,3)21-14(19)16-12(9-17)10-5-7-11(8-6-10)13(18)20-4/h5-9,12H,1-4H3,(H,16,19). The van der Waals surface area contributed by atoms with Gasteiger partial charge in [-0.05, 0) is 38.5 Å². The van der Waals surface area contributed by atoms with Gasteiger partial charge in [-0.15, -0.1) is 0 Å². The first-order chi connectivity index (χ1) is 9.76. The van der Waals surface area contributed by atoms with Gasteiger partial charge in [-0.25, -0.2) is 9.59 Å². The highest BCUT2D eigenvalue weighted by Gasteiger charge is 2.20. The van der Waals surface area contributed by atoms with Gasteiger partial charge >= 0.3 is 12.1 Å². The Labute approximate surface area is 123 Å². The smallest absolute Gasteiger partial charge is 0.408 e. The summed E-state index contributed by atoms with van der Waals surface area (Å²) in [4.78, 5) is 34.1. The van der Waals surface area contributed by atoms with Gasteiger partial charge in [0.2, 0.25) is 0 Å². The topological polar surface area (TPSA) is 81.7 Å². The Morgan fingerprint density at radius 1 is 1.19 bits per heavy atom. The molecule has 1 aromatic carbocycles. The Balaban J connectivity index is 2.79. The number of carbonyl (C=O) groups is 3. The van der Waals surface area contributed by atoms with Crippen molar-refractivity contribution in [1.29, 1.82) is 0 Å². The first kappa shape index (κ1) is 16.7. The number of aldehydes is 1. The van der Waals surface area contributed by atoms with Crippen molar-refractivity contribution in [3.8, 4) is 0 Å². The van der Waals surface area contributed by atoms with Crippen LogP contribution in [0, 0.1) is 0 Å². The summed E-state index contributed by atoms with van der Waals surface area (Å²) in [5.41, 5.74) is 0.262. The number of carbonyl (C=O) groups excluding carboxylic acids is 3. The van der Waals surface area contributed by atoms with Gasteiger partial charge in [0, 0.05) is 0 Å². The fourth-order valence-corrected chi connectivity index (χ4v) is 1.57. The van der Waals surface area contributed by atoms with Crippen LogP contribution in [0.4, 0.5) is 4.79 Å². The third-order valence-corrected chi connectivity index (χ3v) is 2.50. The summed E-state index contributed by atoms with van der Waals surface area (Å²) in [6, 6.07) is 5.35. The second kappa shape index (κ2) is 6.88. The van der Waals surface area contributed by atoms with Gasteiger partial charge in [0.15, 0.2) is 0 Å². The number of esters is 1. The molecule has 0 aromatic heterocycles. The molecule has 6 nitrogen and oxygen atoms in total. The zero-order valence-electron chi connectivity index (χ0n) is 12.5. The van der Waals surface area contributed by atoms with Crippen molar-refractivity contribution in [2.75, 3.05) is 7.11 Å². The summed E-state index contributed by atoms with van der Waals surface area (Å²) in [5.74, 6) is -0.468. The normalized spacial score (nSPS) is 12.2. The molecule has 21 heavy (non-hydrogen) atoms. The van der Waals surface area contributed by atoms with Gasteiger partial charge in [0.05, 0.1) is 12.7 Å². The number of alkyl carbamates (subject to hydrolysis) is 1. The molecule has 1 aromatic rings. The monoisotopic (exact) mass is 293 g/mol. The molecule has 0 fully saturated rings. The number of amides is 1. The van der Waals surface area contributed by atoms with Crippen LogP contribution in [0.2, 0.25) is 0 Å². The zero-order valence-corrected chi connectivity index (χ0v) is 12.5. The Kier molecular flexibility index (Phi) is 5.46. The number of ether oxygens (including phenoxy) is 2. The van der Waals surface area contributed by atoms with Crippen molar-refractivity contribution >= 4 is 18.3 Å². The molecular weight excluding hydrogens is 274 g/mol. The van der Waals surface area contributed by atoms with Gasteiger partial charge in [-0.3, -0.25) is 0 Å². The lowest BCUT2D eigenvalue weighted by molar-refractivity contribution is -0.109. The second-order valence-electron chi connectivity index (χ2n) is 5.37. The minimum atomic E-state index is -0.841. The maximum atomic E-state index is 11.7. The van der Waals surface area contributed by atoms with Gasteiger partial charge in [0.1, 0.15) is 17.9 Å². The van der Waals surface area contributed by atoms with E-state index in [1.54, 1.807) is 32.9 Å². The Hall–Kier alpha value is -2.37. The zero-order chi connectivity index (χ0) is 16.0. The van der Waals surface area contributed by atoms with Gasteiger partial charge < -0.3 is 19.6 Å². The van der Waals surface area contributed by atoms with E-state index in [1.165, 1.54) is 19.2 Å². The lowest BCUT2D eigenvalue weighted by Crippen LogP contribution is -2.35. The molecule has 1 unspecified atom stereocenters. The van der Waals surface area contributed by atoms with Crippen LogP contribution in [0.3, 0.4) is 0 Å². The molecule has 0 saturated carbocycles. The molecule has 0 heterocycles. The second-order valence-corrected chi connectivity index (χ2v) is 5.37. The van der Waals surface area contributed by atoms with Gasteiger partial charge in [-0.2, -0.15) is 0 Å². The maximum Gasteiger partial charge on any atom is 0.408 e. The van der Waals surface area contributed by atoms with Crippen LogP contribution in [-0.2, 0) is 14.3 Å². The van der Waals surface area contributed by atoms with Crippen LogP contribution in [0.1, 0.15) is 42.7 Å². The molecule has 1 atom stereocenters. The molecule has 0 spiro atoms. The van der Waals surface area contributed by atoms with Crippen LogP contribution in [-0.4, -0.2) is 31.1 Å². The van der Waals surface area contributed by atoms with Crippen molar-refractivity contribution in [2.45, 2.75) is 32.4 Å². The predicted octanol–water partition coefficient (Wildman–Crippen LogP) is 2.24. The molecule has 0 bridgehead atoms. The lowest BCUT2D eigenvalue weighted by atomic mass is 10.1. The summed E-state index contributed by atoms with van der Waals surface area (Å²) in [7, 11) is 1.29. The number of benzene rings is 1. The Bertz CT molecular complexity index is 516. The van der Waals surface area contributed by atoms with Crippen LogP contribution in [0.15, 0.2) is 24.3 Å². The third kappa shape index (κ3) is 5.25. The minimum Gasteiger partial charge on any atom is -0.465 e. The molecule has 114 valence electrons. The van der Waals surface area contributed by atoms with Crippen LogP contribution in [0.5, 0.6) is 0 Å². The molecule has 0 radical (unpaired) electrons. The average Bonchev–Trinajstić information content (AvgIpc) is 2.42. The Morgan fingerprint density at radius 3 is 2.19 bits per heavy atom. The first-order valence-corrected chi connectivity index (χ1v) is 6.40. The Morgan fingerprint density at radius 2 is 1.76 bits per heavy atom. The van der Waals surface area contributed by atoms with Crippen molar-refractivity contribution in [2.24, 2.45) is 0 Å². The number of rotatable bonds is 4. The van der Waals surface area contributed by atoms with E-state index in [1.807, 2.05) is 0 Å². The largest absolute Gasteiger partial charge is 0.465 e. The fourth-order valence-electron chi connectivity index (χ4n) is 1.57. The fraction of sp³-hybridized carbons (Fsp3) is 0.400. The van der Waals surface area contributed by atoms with Crippen LogP contribution in [0.25, 0.3) is 0 Å². The highest BCUT2D eigenvalue weighted by atomic mass is 16.6. The molecule has 1 rings (SSSR count). The van der Waals surface area contributed by atoms with E-state index in [4.69, 9.17) is 4.74 Å². The summed E-state index contributed by atoms with van der Waals surface area (Å²) in [5, 5.41) is 2.46. The first-order valence-electron chi connectivity index (χ1n) is 6.40. The van der Waals surface area contributed by atoms with Crippen LogP contribution < -0.4 is 5.32 Å². The highest BCUT2D eigenvalue weighted by molar-refractivity contribution is 5.89. The summed E-state index contributed by atoms with van der Waals surface area (Å²) >= 11 is 0. The van der Waals surface area contributed by atoms with E-state index in [0.29, 0.717) is 17.4 Å². The number of hydrogen-bond acceptors (Lipinski definition) is 5. The number of methoxy groups -OCH3 is 1. The van der Waals surface area contributed by atoms with E-state index in [-0.39, 0.29) is 0 Å². The van der Waals surface area contributed by atoms with E-state index in [0.717, 1.165) is 0 Å². The number of hydrogen-bond donors (Lipinski definition) is 1. The molecule has 0 aliphatic carbocycles. The van der Waals surface area contributed by atoms with E-state index >= 15 is 0 Å². The summed E-state index contributed by atoms with van der Waals surface area (Å²) in [6.07, 6.45) is -0.0893. The maximum absolute atomic E-state index is 11.7. The van der Waals surface area contributed by atoms with Crippen molar-refractivity contribution in [3.63, 3.8) is 0 Å². The van der Waals surface area contributed by atoms with Crippen LogP contribution >= 0.6 is 0 Å². The van der Waals surface area contributed by atoms with E-state index in [9.17, 15) is 14.4 Å². The molecule has 0 aliphatic rings. The lowest BCUT2D eigenvalue weighted by Gasteiger charge is -2.21. The summed E-state index contributed by atoms with van der Waals surface area (Å²) < 4.78 is 9.67. The molecule has 6 heteroatoms. The minimum absolute atomic E-state index is 0.364. The highest BCUT2D eigenvalue weighted by Crippen LogP contribution is 2.14. The molecule has 0 saturated heterocycles. The van der Waals surface area contributed by atoms with Gasteiger partial charge in [-0.1, -0.05) is 12.1 Å². The molecular formula is C15H19NO5. The van der Waals surface area contributed by atoms with Gasteiger partial charge in [0.25, 0.3) is 0 Å². The van der Waals surface area contributed by atoms with E-state index < -0.39 is 23.7 Å². The molecule has 1 N–H and O–H groups in total. The van der Waals surface area contributed by atoms with Crippen molar-refractivity contribution in [3.05, 3.63) is 35.4 Å². The number of nitrogens with one attached hydrogen (secondary N) is 1. The predicted molar refractivity (Wildman–Crippen MR) is 76.0 cm³/mol. The SMILES string of the molecule is COC(=O)c1ccc(C(C=O)NC(=O)OC(C)(C)C)cc1. The van der Waals surface area contributed by atoms with Crippen molar-refractivity contribution < 1.29 is 23.9 Å². The summed E-state index contributed by atoms with van der Waals surface area (Å²) in [6.45, 7) is 5.19. The molecule has 1 amide bonds. The molecule has 0 aliphatic heterocycles. The van der Waals surface area contributed by atoms with Crippen molar-refractivity contribution in [1.82, 2.24) is 5.32 Å². The third-order valence-electron chi connectivity index (χ3n) is 2.50. The average molecular weight is 293 g/mol. The van der Waals surface area contributed by atoms with E-state index in [2.05, 4.69) is 10.1 Å². The quantitative estimate of drug-likeness (QED) is 0.680.